The lowest BCUT2D eigenvalue weighted by atomic mass is 9.87. The average Bonchev–Trinajstić information content (AvgIpc) is 2.48. The minimum Gasteiger partial charge on any atom is -0.310 e. The van der Waals surface area contributed by atoms with Crippen LogP contribution in [0.2, 0.25) is 0 Å². The first kappa shape index (κ1) is 16.0. The Hall–Kier alpha value is -1.42. The van der Waals surface area contributed by atoms with Crippen molar-refractivity contribution in [3.8, 4) is 0 Å². The van der Waals surface area contributed by atoms with Gasteiger partial charge in [-0.25, -0.2) is 0 Å². The maximum atomic E-state index is 11.0. The molecule has 0 amide bonds. The van der Waals surface area contributed by atoms with Crippen molar-refractivity contribution in [2.24, 2.45) is 5.92 Å². The van der Waals surface area contributed by atoms with Gasteiger partial charge in [-0.05, 0) is 38.3 Å². The topological polar surface area (TPSA) is 55.2 Å². The summed E-state index contributed by atoms with van der Waals surface area (Å²) in [5.74, 6) is 0.866. The standard InChI is InChI=1S/C17H26N2O2/c1-13-8-9-16(12-17(13)19(20)21)14(2)18-11-10-15-6-4-3-5-7-15/h8-9,12,14-15,18H,3-7,10-11H2,1-2H3. The fourth-order valence-electron chi connectivity index (χ4n) is 3.19. The predicted molar refractivity (Wildman–Crippen MR) is 85.4 cm³/mol. The molecule has 0 saturated heterocycles. The molecule has 1 aromatic carbocycles. The molecule has 21 heavy (non-hydrogen) atoms. The van der Waals surface area contributed by atoms with Gasteiger partial charge in [0.25, 0.3) is 5.69 Å². The summed E-state index contributed by atoms with van der Waals surface area (Å²) in [4.78, 5) is 10.7. The second-order valence-corrected chi connectivity index (χ2v) is 6.27. The first-order valence-electron chi connectivity index (χ1n) is 8.06. The van der Waals surface area contributed by atoms with Gasteiger partial charge in [0.05, 0.1) is 4.92 Å². The Kier molecular flexibility index (Phi) is 5.74. The molecule has 1 unspecified atom stereocenters. The van der Waals surface area contributed by atoms with E-state index in [0.29, 0.717) is 0 Å². The van der Waals surface area contributed by atoms with Crippen LogP contribution in [-0.4, -0.2) is 11.5 Å². The number of benzene rings is 1. The molecular formula is C17H26N2O2. The first-order valence-corrected chi connectivity index (χ1v) is 8.06. The van der Waals surface area contributed by atoms with Gasteiger partial charge in [-0.3, -0.25) is 10.1 Å². The molecule has 1 aromatic rings. The predicted octanol–water partition coefficient (Wildman–Crippen LogP) is 4.52. The number of nitrogens with zero attached hydrogens (tertiary/aromatic N) is 1. The van der Waals surface area contributed by atoms with Crippen molar-refractivity contribution < 1.29 is 4.92 Å². The number of nitrogens with one attached hydrogen (secondary N) is 1. The lowest BCUT2D eigenvalue weighted by Gasteiger charge is -2.22. The van der Waals surface area contributed by atoms with Gasteiger partial charge in [0.1, 0.15) is 0 Å². The zero-order valence-electron chi connectivity index (χ0n) is 13.1. The molecule has 1 fully saturated rings. The average molecular weight is 290 g/mol. The van der Waals surface area contributed by atoms with Crippen molar-refractivity contribution in [3.05, 3.63) is 39.4 Å². The Morgan fingerprint density at radius 2 is 2.05 bits per heavy atom. The quantitative estimate of drug-likeness (QED) is 0.619. The molecule has 1 aliphatic rings. The minimum absolute atomic E-state index is 0.160. The highest BCUT2D eigenvalue weighted by atomic mass is 16.6. The lowest BCUT2D eigenvalue weighted by molar-refractivity contribution is -0.385. The molecule has 2 rings (SSSR count). The Morgan fingerprint density at radius 1 is 1.33 bits per heavy atom. The summed E-state index contributed by atoms with van der Waals surface area (Å²) >= 11 is 0. The van der Waals surface area contributed by atoms with Crippen molar-refractivity contribution in [3.63, 3.8) is 0 Å². The van der Waals surface area contributed by atoms with E-state index in [1.54, 1.807) is 13.0 Å². The van der Waals surface area contributed by atoms with Crippen molar-refractivity contribution in [1.82, 2.24) is 5.32 Å². The van der Waals surface area contributed by atoms with Crippen molar-refractivity contribution in [2.75, 3.05) is 6.54 Å². The van der Waals surface area contributed by atoms with E-state index >= 15 is 0 Å². The number of hydrogen-bond acceptors (Lipinski definition) is 3. The molecule has 1 N–H and O–H groups in total. The van der Waals surface area contributed by atoms with E-state index in [9.17, 15) is 10.1 Å². The van der Waals surface area contributed by atoms with E-state index in [2.05, 4.69) is 12.2 Å². The van der Waals surface area contributed by atoms with E-state index in [1.807, 2.05) is 12.1 Å². The maximum Gasteiger partial charge on any atom is 0.272 e. The number of nitro groups is 1. The number of nitro benzene ring substituents is 1. The van der Waals surface area contributed by atoms with Gasteiger partial charge in [0, 0.05) is 17.7 Å². The van der Waals surface area contributed by atoms with Crippen LogP contribution in [0.4, 0.5) is 5.69 Å². The van der Waals surface area contributed by atoms with Gasteiger partial charge in [-0.2, -0.15) is 0 Å². The Balaban J connectivity index is 1.86. The van der Waals surface area contributed by atoms with Crippen LogP contribution in [0.1, 0.15) is 62.6 Å². The molecule has 4 nitrogen and oxygen atoms in total. The Bertz CT molecular complexity index is 482. The Morgan fingerprint density at radius 3 is 2.71 bits per heavy atom. The van der Waals surface area contributed by atoms with Crippen LogP contribution >= 0.6 is 0 Å². The van der Waals surface area contributed by atoms with Crippen molar-refractivity contribution in [1.29, 1.82) is 0 Å². The van der Waals surface area contributed by atoms with Crippen molar-refractivity contribution >= 4 is 5.69 Å². The van der Waals surface area contributed by atoms with Gasteiger partial charge in [0.15, 0.2) is 0 Å². The SMILES string of the molecule is Cc1ccc(C(C)NCCC2CCCCC2)cc1[N+](=O)[O-]. The highest BCUT2D eigenvalue weighted by Gasteiger charge is 2.16. The van der Waals surface area contributed by atoms with Gasteiger partial charge in [0.2, 0.25) is 0 Å². The molecule has 1 atom stereocenters. The monoisotopic (exact) mass is 290 g/mol. The van der Waals surface area contributed by atoms with E-state index in [4.69, 9.17) is 0 Å². The molecule has 0 bridgehead atoms. The largest absolute Gasteiger partial charge is 0.310 e. The number of aryl methyl sites for hydroxylation is 1. The van der Waals surface area contributed by atoms with Crippen LogP contribution in [-0.2, 0) is 0 Å². The summed E-state index contributed by atoms with van der Waals surface area (Å²) < 4.78 is 0. The van der Waals surface area contributed by atoms with Gasteiger partial charge >= 0.3 is 0 Å². The summed E-state index contributed by atoms with van der Waals surface area (Å²) in [5.41, 5.74) is 1.93. The number of hydrogen-bond donors (Lipinski definition) is 1. The van der Waals surface area contributed by atoms with E-state index in [1.165, 1.54) is 38.5 Å². The highest BCUT2D eigenvalue weighted by molar-refractivity contribution is 5.43. The summed E-state index contributed by atoms with van der Waals surface area (Å²) in [6.45, 7) is 4.85. The molecule has 1 saturated carbocycles. The third-order valence-corrected chi connectivity index (χ3v) is 4.66. The zero-order valence-corrected chi connectivity index (χ0v) is 13.1. The third kappa shape index (κ3) is 4.53. The summed E-state index contributed by atoms with van der Waals surface area (Å²) in [5, 5.41) is 14.5. The van der Waals surface area contributed by atoms with Gasteiger partial charge < -0.3 is 5.32 Å². The van der Waals surface area contributed by atoms with Gasteiger partial charge in [-0.15, -0.1) is 0 Å². The molecule has 0 radical (unpaired) electrons. The van der Waals surface area contributed by atoms with E-state index in [0.717, 1.165) is 23.6 Å². The minimum atomic E-state index is -0.298. The second-order valence-electron chi connectivity index (χ2n) is 6.27. The van der Waals surface area contributed by atoms with Crippen LogP contribution in [0, 0.1) is 23.0 Å². The van der Waals surface area contributed by atoms with Gasteiger partial charge in [-0.1, -0.05) is 44.2 Å². The zero-order chi connectivity index (χ0) is 15.2. The van der Waals surface area contributed by atoms with Crippen LogP contribution in [0.5, 0.6) is 0 Å². The molecular weight excluding hydrogens is 264 g/mol. The van der Waals surface area contributed by atoms with Crippen molar-refractivity contribution in [2.45, 2.75) is 58.4 Å². The second kappa shape index (κ2) is 7.55. The number of rotatable bonds is 6. The van der Waals surface area contributed by atoms with E-state index in [-0.39, 0.29) is 16.7 Å². The summed E-state index contributed by atoms with van der Waals surface area (Å²) in [6, 6.07) is 5.69. The van der Waals surface area contributed by atoms with E-state index < -0.39 is 0 Å². The maximum absolute atomic E-state index is 11.0. The smallest absolute Gasteiger partial charge is 0.272 e. The van der Waals surface area contributed by atoms with Crippen LogP contribution in [0.3, 0.4) is 0 Å². The first-order chi connectivity index (χ1) is 10.1. The van der Waals surface area contributed by atoms with Crippen LogP contribution in [0.15, 0.2) is 18.2 Å². The fraction of sp³-hybridized carbons (Fsp3) is 0.647. The lowest BCUT2D eigenvalue weighted by Crippen LogP contribution is -2.22. The molecule has 0 aromatic heterocycles. The van der Waals surface area contributed by atoms with Crippen LogP contribution in [0.25, 0.3) is 0 Å². The molecule has 0 heterocycles. The molecule has 0 spiro atoms. The molecule has 4 heteroatoms. The molecule has 116 valence electrons. The third-order valence-electron chi connectivity index (χ3n) is 4.66. The molecule has 1 aliphatic carbocycles. The Labute approximate surface area is 127 Å². The normalized spacial score (nSPS) is 17.6. The van der Waals surface area contributed by atoms with Crippen LogP contribution < -0.4 is 5.32 Å². The summed E-state index contributed by atoms with van der Waals surface area (Å²) in [6.07, 6.45) is 8.11. The molecule has 0 aliphatic heterocycles. The fourth-order valence-corrected chi connectivity index (χ4v) is 3.19. The summed E-state index contributed by atoms with van der Waals surface area (Å²) in [7, 11) is 0. The highest BCUT2D eigenvalue weighted by Crippen LogP contribution is 2.26.